The van der Waals surface area contributed by atoms with E-state index in [1.807, 2.05) is 49.4 Å². The predicted molar refractivity (Wildman–Crippen MR) is 108 cm³/mol. The Morgan fingerprint density at radius 3 is 2.21 bits per heavy atom. The van der Waals surface area contributed by atoms with E-state index in [9.17, 15) is 9.90 Å². The zero-order chi connectivity index (χ0) is 19.7. The number of carbonyl (C=O) groups is 1. The van der Waals surface area contributed by atoms with Crippen molar-refractivity contribution in [3.05, 3.63) is 83.9 Å². The molecule has 0 atom stereocenters. The molecule has 3 N–H and O–H groups in total. The molecule has 28 heavy (non-hydrogen) atoms. The lowest BCUT2D eigenvalue weighted by Crippen LogP contribution is -2.12. The minimum atomic E-state index is -0.451. The number of primary amides is 1. The number of rotatable bonds is 4. The summed E-state index contributed by atoms with van der Waals surface area (Å²) in [7, 11) is 0. The summed E-state index contributed by atoms with van der Waals surface area (Å²) in [5.41, 5.74) is 11.2. The highest BCUT2D eigenvalue weighted by Gasteiger charge is 2.12. The van der Waals surface area contributed by atoms with E-state index in [2.05, 4.69) is 5.16 Å². The molecular formula is C23H18N2O3. The maximum atomic E-state index is 11.7. The fourth-order valence-electron chi connectivity index (χ4n) is 3.11. The number of aromatic hydroxyl groups is 1. The van der Waals surface area contributed by atoms with Crippen LogP contribution in [0.25, 0.3) is 33.7 Å². The first-order valence-corrected chi connectivity index (χ1v) is 8.78. The Bertz CT molecular complexity index is 1140. The number of benzene rings is 3. The Balaban J connectivity index is 1.65. The third-order valence-electron chi connectivity index (χ3n) is 4.59. The molecule has 1 aromatic heterocycles. The summed E-state index contributed by atoms with van der Waals surface area (Å²) < 4.78 is 5.48. The van der Waals surface area contributed by atoms with Gasteiger partial charge in [0.05, 0.1) is 0 Å². The lowest BCUT2D eigenvalue weighted by molar-refractivity contribution is 0.100. The largest absolute Gasteiger partial charge is 0.508 e. The van der Waals surface area contributed by atoms with Crippen LogP contribution in [0, 0.1) is 6.92 Å². The van der Waals surface area contributed by atoms with E-state index in [4.69, 9.17) is 10.3 Å². The zero-order valence-electron chi connectivity index (χ0n) is 15.2. The van der Waals surface area contributed by atoms with E-state index in [-0.39, 0.29) is 5.75 Å². The van der Waals surface area contributed by atoms with Crippen LogP contribution >= 0.6 is 0 Å². The summed E-state index contributed by atoms with van der Waals surface area (Å²) >= 11 is 0. The quantitative estimate of drug-likeness (QED) is 0.540. The van der Waals surface area contributed by atoms with Gasteiger partial charge in [0.25, 0.3) is 0 Å². The number of aromatic nitrogens is 1. The summed E-state index contributed by atoms with van der Waals surface area (Å²) in [4.78, 5) is 11.7. The number of amides is 1. The van der Waals surface area contributed by atoms with E-state index in [1.165, 1.54) is 0 Å². The standard InChI is InChI=1S/C23H18N2O3/c1-14-2-11-19(23(24)27)20(12-14)15-3-5-17(6-4-15)22-13-21(25-28-22)16-7-9-18(26)10-8-16/h2-13,26H,1H3,(H2,24,27). The van der Waals surface area contributed by atoms with Crippen LogP contribution in [0.2, 0.25) is 0 Å². The molecule has 0 fully saturated rings. The lowest BCUT2D eigenvalue weighted by Gasteiger charge is -2.09. The summed E-state index contributed by atoms with van der Waals surface area (Å²) in [6.07, 6.45) is 0. The SMILES string of the molecule is Cc1ccc(C(N)=O)c(-c2ccc(-c3cc(-c4ccc(O)cc4)no3)cc2)c1. The number of nitrogens with zero attached hydrogens (tertiary/aromatic N) is 1. The smallest absolute Gasteiger partial charge is 0.249 e. The number of phenolic OH excluding ortho intramolecular Hbond substituents is 1. The number of aryl methyl sites for hydroxylation is 1. The van der Waals surface area contributed by atoms with E-state index < -0.39 is 5.91 Å². The third kappa shape index (κ3) is 3.38. The average molecular weight is 370 g/mol. The molecule has 0 saturated carbocycles. The van der Waals surface area contributed by atoms with Gasteiger partial charge in [-0.3, -0.25) is 4.79 Å². The van der Waals surface area contributed by atoms with Gasteiger partial charge < -0.3 is 15.4 Å². The van der Waals surface area contributed by atoms with Crippen LogP contribution < -0.4 is 5.73 Å². The van der Waals surface area contributed by atoms with Crippen molar-refractivity contribution >= 4 is 5.91 Å². The molecular weight excluding hydrogens is 352 g/mol. The number of carbonyl (C=O) groups excluding carboxylic acids is 1. The van der Waals surface area contributed by atoms with Crippen molar-refractivity contribution < 1.29 is 14.4 Å². The van der Waals surface area contributed by atoms with Gasteiger partial charge in [-0.2, -0.15) is 0 Å². The highest BCUT2D eigenvalue weighted by Crippen LogP contribution is 2.30. The van der Waals surface area contributed by atoms with Crippen LogP contribution in [0.1, 0.15) is 15.9 Å². The van der Waals surface area contributed by atoms with Crippen molar-refractivity contribution in [2.24, 2.45) is 5.73 Å². The third-order valence-corrected chi connectivity index (χ3v) is 4.59. The number of phenols is 1. The molecule has 5 nitrogen and oxygen atoms in total. The first kappa shape index (κ1) is 17.5. The minimum Gasteiger partial charge on any atom is -0.508 e. The van der Waals surface area contributed by atoms with Crippen molar-refractivity contribution in [3.63, 3.8) is 0 Å². The van der Waals surface area contributed by atoms with Gasteiger partial charge in [0.2, 0.25) is 5.91 Å². The number of hydrogen-bond donors (Lipinski definition) is 2. The first-order chi connectivity index (χ1) is 13.5. The molecule has 1 amide bonds. The Labute approximate surface area is 162 Å². The molecule has 4 rings (SSSR count). The number of nitrogens with two attached hydrogens (primary N) is 1. The maximum Gasteiger partial charge on any atom is 0.249 e. The van der Waals surface area contributed by atoms with Crippen LogP contribution in [0.4, 0.5) is 0 Å². The Hall–Kier alpha value is -3.86. The van der Waals surface area contributed by atoms with E-state index in [1.54, 1.807) is 30.3 Å². The van der Waals surface area contributed by atoms with Crippen LogP contribution in [0.3, 0.4) is 0 Å². The van der Waals surface area contributed by atoms with Gasteiger partial charge in [-0.1, -0.05) is 47.1 Å². The molecule has 4 aromatic rings. The highest BCUT2D eigenvalue weighted by atomic mass is 16.5. The Morgan fingerprint density at radius 2 is 1.54 bits per heavy atom. The maximum absolute atomic E-state index is 11.7. The minimum absolute atomic E-state index is 0.203. The van der Waals surface area contributed by atoms with Crippen molar-refractivity contribution in [1.29, 1.82) is 0 Å². The predicted octanol–water partition coefficient (Wildman–Crippen LogP) is 4.79. The van der Waals surface area contributed by atoms with Gasteiger partial charge in [0, 0.05) is 22.8 Å². The normalized spacial score (nSPS) is 10.8. The fraction of sp³-hybridized carbons (Fsp3) is 0.0435. The van der Waals surface area contributed by atoms with Crippen LogP contribution in [-0.2, 0) is 0 Å². The van der Waals surface area contributed by atoms with E-state index in [0.717, 1.165) is 27.8 Å². The molecule has 0 saturated heterocycles. The van der Waals surface area contributed by atoms with Crippen molar-refractivity contribution in [2.45, 2.75) is 6.92 Å². The summed E-state index contributed by atoms with van der Waals surface area (Å²) in [5.74, 6) is 0.386. The molecule has 1 heterocycles. The van der Waals surface area contributed by atoms with Crippen molar-refractivity contribution in [2.75, 3.05) is 0 Å². The van der Waals surface area contributed by atoms with Crippen LogP contribution in [-0.4, -0.2) is 16.2 Å². The molecule has 3 aromatic carbocycles. The van der Waals surface area contributed by atoms with Crippen LogP contribution in [0.5, 0.6) is 5.75 Å². The molecule has 5 heteroatoms. The zero-order valence-corrected chi connectivity index (χ0v) is 15.2. The monoisotopic (exact) mass is 370 g/mol. The second kappa shape index (κ2) is 7.04. The van der Waals surface area contributed by atoms with Crippen molar-refractivity contribution in [1.82, 2.24) is 5.16 Å². The summed E-state index contributed by atoms with van der Waals surface area (Å²) in [6.45, 7) is 1.97. The van der Waals surface area contributed by atoms with Gasteiger partial charge in [-0.15, -0.1) is 0 Å². The Morgan fingerprint density at radius 1 is 0.893 bits per heavy atom. The number of hydrogen-bond acceptors (Lipinski definition) is 4. The lowest BCUT2D eigenvalue weighted by atomic mass is 9.96. The fourth-order valence-corrected chi connectivity index (χ4v) is 3.11. The summed E-state index contributed by atoms with van der Waals surface area (Å²) in [6, 6.07) is 21.9. The highest BCUT2D eigenvalue weighted by molar-refractivity contribution is 6.00. The van der Waals surface area contributed by atoms with Gasteiger partial charge in [-0.05, 0) is 48.4 Å². The van der Waals surface area contributed by atoms with Gasteiger partial charge in [0.1, 0.15) is 11.4 Å². The molecule has 0 radical (unpaired) electrons. The van der Waals surface area contributed by atoms with E-state index >= 15 is 0 Å². The topological polar surface area (TPSA) is 89.4 Å². The molecule has 0 aliphatic heterocycles. The first-order valence-electron chi connectivity index (χ1n) is 8.78. The second-order valence-electron chi connectivity index (χ2n) is 6.61. The molecule has 0 aliphatic rings. The van der Waals surface area contributed by atoms with E-state index in [0.29, 0.717) is 17.0 Å². The van der Waals surface area contributed by atoms with Gasteiger partial charge in [-0.25, -0.2) is 0 Å². The molecule has 0 unspecified atom stereocenters. The second-order valence-corrected chi connectivity index (χ2v) is 6.61. The molecule has 0 aliphatic carbocycles. The molecule has 0 spiro atoms. The van der Waals surface area contributed by atoms with Gasteiger partial charge in [0.15, 0.2) is 5.76 Å². The summed E-state index contributed by atoms with van der Waals surface area (Å²) in [5, 5.41) is 13.5. The van der Waals surface area contributed by atoms with Gasteiger partial charge >= 0.3 is 0 Å². The Kier molecular flexibility index (Phi) is 4.41. The van der Waals surface area contributed by atoms with Crippen LogP contribution in [0.15, 0.2) is 77.3 Å². The average Bonchev–Trinajstić information content (AvgIpc) is 3.18. The molecule has 138 valence electrons. The molecule has 0 bridgehead atoms. The van der Waals surface area contributed by atoms with Crippen molar-refractivity contribution in [3.8, 4) is 39.5 Å².